The molecule has 1 atom stereocenters. The summed E-state index contributed by atoms with van der Waals surface area (Å²) in [5, 5.41) is 5.57. The van der Waals surface area contributed by atoms with Crippen LogP contribution in [-0.2, 0) is 14.9 Å². The lowest BCUT2D eigenvalue weighted by Gasteiger charge is -2.45. The maximum atomic E-state index is 13.5. The number of hydrogen-bond acceptors (Lipinski definition) is 5. The first kappa shape index (κ1) is 24.9. The van der Waals surface area contributed by atoms with E-state index in [2.05, 4.69) is 29.1 Å². The number of aromatic nitrogens is 2. The van der Waals surface area contributed by atoms with Gasteiger partial charge < -0.3 is 4.74 Å². The Hall–Kier alpha value is -2.37. The molecule has 3 aromatic rings. The number of piperazine rings is 1. The van der Waals surface area contributed by atoms with Gasteiger partial charge in [-0.2, -0.15) is 22.1 Å². The first-order chi connectivity index (χ1) is 17.9. The molecule has 198 valence electrons. The summed E-state index contributed by atoms with van der Waals surface area (Å²) in [6, 6.07) is 10.6. The topological polar surface area (TPSA) is 70.9 Å². The van der Waals surface area contributed by atoms with Crippen molar-refractivity contribution in [3.05, 3.63) is 59.5 Å². The minimum atomic E-state index is -3.55. The summed E-state index contributed by atoms with van der Waals surface area (Å²) < 4.78 is 51.0. The van der Waals surface area contributed by atoms with Crippen molar-refractivity contribution < 1.29 is 17.5 Å². The molecule has 2 aromatic carbocycles. The average molecular weight is 528 g/mol. The van der Waals surface area contributed by atoms with Crippen LogP contribution in [0.15, 0.2) is 42.6 Å². The Bertz CT molecular complexity index is 1370. The van der Waals surface area contributed by atoms with Crippen molar-refractivity contribution in [2.75, 3.05) is 52.5 Å². The van der Waals surface area contributed by atoms with Crippen LogP contribution in [0.2, 0.25) is 0 Å². The van der Waals surface area contributed by atoms with Gasteiger partial charge >= 0.3 is 0 Å². The third-order valence-corrected chi connectivity index (χ3v) is 10.2. The summed E-state index contributed by atoms with van der Waals surface area (Å²) in [5.74, 6) is 0.411. The van der Waals surface area contributed by atoms with Crippen molar-refractivity contribution in [3.8, 4) is 5.69 Å². The number of morpholine rings is 1. The van der Waals surface area contributed by atoms with E-state index in [0.717, 1.165) is 40.8 Å². The molecule has 3 aliphatic rings. The normalized spacial score (nSPS) is 22.9. The molecule has 2 aliphatic heterocycles. The van der Waals surface area contributed by atoms with Crippen molar-refractivity contribution in [2.45, 2.75) is 32.2 Å². The Labute approximate surface area is 217 Å². The predicted molar refractivity (Wildman–Crippen MR) is 140 cm³/mol. The van der Waals surface area contributed by atoms with Crippen LogP contribution in [0, 0.1) is 18.7 Å². The van der Waals surface area contributed by atoms with Crippen molar-refractivity contribution in [1.82, 2.24) is 23.3 Å². The molecule has 0 unspecified atom stereocenters. The molecule has 37 heavy (non-hydrogen) atoms. The van der Waals surface area contributed by atoms with Crippen LogP contribution < -0.4 is 0 Å². The third kappa shape index (κ3) is 4.81. The summed E-state index contributed by atoms with van der Waals surface area (Å²) in [6.45, 7) is 6.45. The summed E-state index contributed by atoms with van der Waals surface area (Å²) in [5.41, 5.74) is 4.00. The van der Waals surface area contributed by atoms with Gasteiger partial charge in [0, 0.05) is 50.7 Å². The van der Waals surface area contributed by atoms with Gasteiger partial charge in [0.15, 0.2) is 0 Å². The maximum absolute atomic E-state index is 13.5. The molecular formula is C27H34FN5O3S. The molecule has 0 N–H and O–H groups in total. The van der Waals surface area contributed by atoms with Crippen molar-refractivity contribution in [2.24, 2.45) is 5.92 Å². The molecule has 1 aromatic heterocycles. The highest BCUT2D eigenvalue weighted by Gasteiger charge is 2.39. The number of fused-ring (bicyclic) bond motifs is 1. The van der Waals surface area contributed by atoms with E-state index in [1.807, 2.05) is 10.9 Å². The molecule has 0 bridgehead atoms. The summed E-state index contributed by atoms with van der Waals surface area (Å²) in [7, 11) is -3.55. The van der Waals surface area contributed by atoms with E-state index < -0.39 is 10.2 Å². The van der Waals surface area contributed by atoms with Crippen LogP contribution in [0.4, 0.5) is 4.39 Å². The molecule has 6 rings (SSSR count). The van der Waals surface area contributed by atoms with E-state index in [4.69, 9.17) is 4.74 Å². The number of aryl methyl sites for hydroxylation is 1. The molecule has 1 aliphatic carbocycles. The quantitative estimate of drug-likeness (QED) is 0.491. The molecule has 8 nitrogen and oxygen atoms in total. The lowest BCUT2D eigenvalue weighted by atomic mass is 9.84. The van der Waals surface area contributed by atoms with Crippen LogP contribution in [-0.4, -0.2) is 84.2 Å². The molecule has 3 heterocycles. The molecule has 0 amide bonds. The van der Waals surface area contributed by atoms with Crippen molar-refractivity contribution in [1.29, 1.82) is 0 Å². The lowest BCUT2D eigenvalue weighted by molar-refractivity contribution is 0.0592. The summed E-state index contributed by atoms with van der Waals surface area (Å²) in [4.78, 5) is 2.49. The fourth-order valence-electron chi connectivity index (χ4n) is 5.81. The van der Waals surface area contributed by atoms with E-state index in [1.165, 1.54) is 31.4 Å². The number of halogens is 1. The van der Waals surface area contributed by atoms with E-state index in [1.54, 1.807) is 20.7 Å². The monoisotopic (exact) mass is 527 g/mol. The zero-order valence-electron chi connectivity index (χ0n) is 21.2. The highest BCUT2D eigenvalue weighted by Crippen LogP contribution is 2.36. The third-order valence-electron chi connectivity index (χ3n) is 8.18. The Morgan fingerprint density at radius 3 is 2.49 bits per heavy atom. The Morgan fingerprint density at radius 1 is 1.03 bits per heavy atom. The fraction of sp³-hybridized carbons (Fsp3) is 0.519. The van der Waals surface area contributed by atoms with Gasteiger partial charge in [0.05, 0.1) is 30.6 Å². The Morgan fingerprint density at radius 2 is 1.78 bits per heavy atom. The molecule has 3 fully saturated rings. The van der Waals surface area contributed by atoms with Crippen LogP contribution in [0.1, 0.15) is 36.4 Å². The standard InChI is InChI=1S/C27H34FN5O3S/c1-20-15-26-22(17-29-33(26)24-7-5-23(28)6-8-24)16-25(20)27-19-32(10-9-30(27)18-21-3-2-4-21)37(34,35)31-11-13-36-14-12-31/h5-8,15-17,21,27H,2-4,9-14,18-19H2,1H3/t27-/m1/s1. The molecule has 10 heteroatoms. The van der Waals surface area contributed by atoms with Gasteiger partial charge in [0.2, 0.25) is 0 Å². The average Bonchev–Trinajstić information content (AvgIpc) is 3.29. The van der Waals surface area contributed by atoms with Gasteiger partial charge in [0.1, 0.15) is 5.82 Å². The molecule has 2 saturated heterocycles. The van der Waals surface area contributed by atoms with Gasteiger partial charge in [-0.15, -0.1) is 0 Å². The second-order valence-electron chi connectivity index (χ2n) is 10.5. The van der Waals surface area contributed by atoms with Crippen molar-refractivity contribution in [3.63, 3.8) is 0 Å². The van der Waals surface area contributed by atoms with Gasteiger partial charge in [0.25, 0.3) is 10.2 Å². The van der Waals surface area contributed by atoms with Crippen LogP contribution >= 0.6 is 0 Å². The highest BCUT2D eigenvalue weighted by molar-refractivity contribution is 7.86. The zero-order valence-corrected chi connectivity index (χ0v) is 22.0. The Balaban J connectivity index is 1.34. The second-order valence-corrected chi connectivity index (χ2v) is 12.4. The van der Waals surface area contributed by atoms with E-state index in [-0.39, 0.29) is 11.9 Å². The number of hydrogen-bond donors (Lipinski definition) is 0. The first-order valence-corrected chi connectivity index (χ1v) is 14.6. The van der Waals surface area contributed by atoms with E-state index >= 15 is 0 Å². The molecular weight excluding hydrogens is 493 g/mol. The van der Waals surface area contributed by atoms with Gasteiger partial charge in [-0.3, -0.25) is 4.90 Å². The summed E-state index contributed by atoms with van der Waals surface area (Å²) >= 11 is 0. The number of nitrogens with zero attached hydrogens (tertiary/aromatic N) is 5. The second kappa shape index (κ2) is 10.1. The summed E-state index contributed by atoms with van der Waals surface area (Å²) in [6.07, 6.45) is 5.63. The molecule has 0 radical (unpaired) electrons. The van der Waals surface area contributed by atoms with E-state index in [0.29, 0.717) is 45.3 Å². The van der Waals surface area contributed by atoms with Crippen LogP contribution in [0.25, 0.3) is 16.6 Å². The minimum Gasteiger partial charge on any atom is -0.379 e. The predicted octanol–water partition coefficient (Wildman–Crippen LogP) is 3.51. The molecule has 0 spiro atoms. The number of rotatable bonds is 6. The van der Waals surface area contributed by atoms with Crippen molar-refractivity contribution >= 4 is 21.1 Å². The molecule has 1 saturated carbocycles. The van der Waals surface area contributed by atoms with Gasteiger partial charge in [-0.1, -0.05) is 6.42 Å². The highest BCUT2D eigenvalue weighted by atomic mass is 32.2. The first-order valence-electron chi connectivity index (χ1n) is 13.2. The maximum Gasteiger partial charge on any atom is 0.282 e. The fourth-order valence-corrected chi connectivity index (χ4v) is 7.39. The SMILES string of the molecule is Cc1cc2c(cnn2-c2ccc(F)cc2)cc1[C@H]1CN(S(=O)(=O)N2CCOCC2)CCN1CC1CCC1. The van der Waals surface area contributed by atoms with Gasteiger partial charge in [-0.25, -0.2) is 9.07 Å². The van der Waals surface area contributed by atoms with Crippen LogP contribution in [0.3, 0.4) is 0 Å². The lowest BCUT2D eigenvalue weighted by Crippen LogP contribution is -2.56. The number of benzene rings is 2. The zero-order chi connectivity index (χ0) is 25.6. The Kier molecular flexibility index (Phi) is 6.79. The van der Waals surface area contributed by atoms with E-state index in [9.17, 15) is 12.8 Å². The number of ether oxygens (including phenoxy) is 1. The minimum absolute atomic E-state index is 0.0243. The van der Waals surface area contributed by atoms with Crippen LogP contribution in [0.5, 0.6) is 0 Å². The smallest absolute Gasteiger partial charge is 0.282 e. The van der Waals surface area contributed by atoms with Gasteiger partial charge in [-0.05, 0) is 73.2 Å². The largest absolute Gasteiger partial charge is 0.379 e.